The summed E-state index contributed by atoms with van der Waals surface area (Å²) < 4.78 is 0. The first-order valence-corrected chi connectivity index (χ1v) is 7.34. The average Bonchev–Trinajstić information content (AvgIpc) is 2.80. The van der Waals surface area contributed by atoms with Crippen LogP contribution in [0.5, 0.6) is 0 Å². The monoisotopic (exact) mass is 274 g/mol. The SMILES string of the molecule is CCc1ccc(-c2sc(C(=O)O)cc2C)cc1CC. The van der Waals surface area contributed by atoms with Crippen LogP contribution in [-0.4, -0.2) is 11.1 Å². The summed E-state index contributed by atoms with van der Waals surface area (Å²) in [6.45, 7) is 6.28. The fraction of sp³-hybridized carbons (Fsp3) is 0.312. The summed E-state index contributed by atoms with van der Waals surface area (Å²) in [7, 11) is 0. The molecule has 0 saturated carbocycles. The van der Waals surface area contributed by atoms with Crippen molar-refractivity contribution in [1.29, 1.82) is 0 Å². The molecule has 0 aliphatic heterocycles. The van der Waals surface area contributed by atoms with Crippen LogP contribution >= 0.6 is 11.3 Å². The van der Waals surface area contributed by atoms with Crippen molar-refractivity contribution in [2.75, 3.05) is 0 Å². The van der Waals surface area contributed by atoms with Gasteiger partial charge in [0.2, 0.25) is 0 Å². The maximum absolute atomic E-state index is 11.0. The summed E-state index contributed by atoms with van der Waals surface area (Å²) in [5.74, 6) is -0.847. The highest BCUT2D eigenvalue weighted by Gasteiger charge is 2.13. The number of rotatable bonds is 4. The predicted molar refractivity (Wildman–Crippen MR) is 80.2 cm³/mol. The molecule has 1 N–H and O–H groups in total. The summed E-state index contributed by atoms with van der Waals surface area (Å²) in [6.07, 6.45) is 2.04. The number of hydrogen-bond donors (Lipinski definition) is 1. The Bertz CT molecular complexity index is 611. The number of aromatic carboxylic acids is 1. The molecule has 0 amide bonds. The van der Waals surface area contributed by atoms with Crippen LogP contribution in [0.15, 0.2) is 24.3 Å². The highest BCUT2D eigenvalue weighted by atomic mass is 32.1. The zero-order valence-electron chi connectivity index (χ0n) is 11.5. The van der Waals surface area contributed by atoms with E-state index in [1.54, 1.807) is 6.07 Å². The Morgan fingerprint density at radius 2 is 1.84 bits per heavy atom. The summed E-state index contributed by atoms with van der Waals surface area (Å²) in [5.41, 5.74) is 4.89. The van der Waals surface area contributed by atoms with Gasteiger partial charge in [0, 0.05) is 4.88 Å². The van der Waals surface area contributed by atoms with Crippen molar-refractivity contribution < 1.29 is 9.90 Å². The topological polar surface area (TPSA) is 37.3 Å². The van der Waals surface area contributed by atoms with Gasteiger partial charge in [0.05, 0.1) is 0 Å². The fourth-order valence-corrected chi connectivity index (χ4v) is 3.32. The minimum Gasteiger partial charge on any atom is -0.477 e. The lowest BCUT2D eigenvalue weighted by molar-refractivity contribution is 0.0702. The van der Waals surface area contributed by atoms with Crippen LogP contribution in [0.4, 0.5) is 0 Å². The van der Waals surface area contributed by atoms with Crippen LogP contribution in [-0.2, 0) is 12.8 Å². The molecule has 1 heterocycles. The van der Waals surface area contributed by atoms with Gasteiger partial charge in [-0.1, -0.05) is 32.0 Å². The number of carbonyl (C=O) groups is 1. The van der Waals surface area contributed by atoms with E-state index in [1.807, 2.05) is 6.92 Å². The van der Waals surface area contributed by atoms with E-state index in [4.69, 9.17) is 5.11 Å². The van der Waals surface area contributed by atoms with Crippen molar-refractivity contribution in [2.24, 2.45) is 0 Å². The number of thiophene rings is 1. The first-order chi connectivity index (χ1) is 9.06. The first kappa shape index (κ1) is 13.8. The van der Waals surface area contributed by atoms with Crippen molar-refractivity contribution >= 4 is 17.3 Å². The Hall–Kier alpha value is -1.61. The van der Waals surface area contributed by atoms with Crippen molar-refractivity contribution in [1.82, 2.24) is 0 Å². The van der Waals surface area contributed by atoms with Gasteiger partial charge >= 0.3 is 5.97 Å². The van der Waals surface area contributed by atoms with Gasteiger partial charge in [0.25, 0.3) is 0 Å². The Labute approximate surface area is 117 Å². The van der Waals surface area contributed by atoms with Gasteiger partial charge in [-0.15, -0.1) is 11.3 Å². The summed E-state index contributed by atoms with van der Waals surface area (Å²) in [6, 6.07) is 8.21. The molecule has 2 nitrogen and oxygen atoms in total. The summed E-state index contributed by atoms with van der Waals surface area (Å²) in [4.78, 5) is 12.5. The second-order valence-corrected chi connectivity index (χ2v) is 5.67. The molecule has 0 bridgehead atoms. The molecule has 0 aliphatic rings. The summed E-state index contributed by atoms with van der Waals surface area (Å²) in [5, 5.41) is 9.06. The van der Waals surface area contributed by atoms with E-state index in [-0.39, 0.29) is 0 Å². The Kier molecular flexibility index (Phi) is 4.05. The quantitative estimate of drug-likeness (QED) is 0.888. The van der Waals surface area contributed by atoms with Crippen LogP contribution in [0.1, 0.15) is 40.2 Å². The van der Waals surface area contributed by atoms with Crippen LogP contribution in [0, 0.1) is 6.92 Å². The van der Waals surface area contributed by atoms with Crippen molar-refractivity contribution in [3.8, 4) is 10.4 Å². The van der Waals surface area contributed by atoms with Crippen molar-refractivity contribution in [3.05, 3.63) is 45.8 Å². The normalized spacial score (nSPS) is 10.7. The largest absolute Gasteiger partial charge is 0.477 e. The number of carboxylic acid groups (broad SMARTS) is 1. The van der Waals surface area contributed by atoms with E-state index in [0.29, 0.717) is 4.88 Å². The number of hydrogen-bond acceptors (Lipinski definition) is 2. The van der Waals surface area contributed by atoms with Gasteiger partial charge in [-0.2, -0.15) is 0 Å². The van der Waals surface area contributed by atoms with Gasteiger partial charge in [0.15, 0.2) is 0 Å². The second kappa shape index (κ2) is 5.57. The number of aryl methyl sites for hydroxylation is 3. The van der Waals surface area contributed by atoms with Crippen LogP contribution in [0.3, 0.4) is 0 Å². The third-order valence-electron chi connectivity index (χ3n) is 3.36. The molecule has 0 fully saturated rings. The van der Waals surface area contributed by atoms with E-state index >= 15 is 0 Å². The third-order valence-corrected chi connectivity index (χ3v) is 4.63. The minimum atomic E-state index is -0.847. The smallest absolute Gasteiger partial charge is 0.345 e. The first-order valence-electron chi connectivity index (χ1n) is 6.52. The molecule has 0 atom stereocenters. The lowest BCUT2D eigenvalue weighted by atomic mass is 9.98. The molecule has 1 aromatic carbocycles. The zero-order chi connectivity index (χ0) is 14.0. The van der Waals surface area contributed by atoms with E-state index in [0.717, 1.165) is 28.8 Å². The Morgan fingerprint density at radius 3 is 2.37 bits per heavy atom. The lowest BCUT2D eigenvalue weighted by Crippen LogP contribution is -1.91. The van der Waals surface area contributed by atoms with Gasteiger partial charge in [0.1, 0.15) is 4.88 Å². The van der Waals surface area contributed by atoms with E-state index in [9.17, 15) is 4.79 Å². The van der Waals surface area contributed by atoms with Crippen molar-refractivity contribution in [3.63, 3.8) is 0 Å². The standard InChI is InChI=1S/C16H18O2S/c1-4-11-6-7-13(9-12(11)5-2)15-10(3)8-14(19-15)16(17)18/h6-9H,4-5H2,1-3H3,(H,17,18). The lowest BCUT2D eigenvalue weighted by Gasteiger charge is -2.08. The molecule has 0 radical (unpaired) electrons. The molecule has 0 aliphatic carbocycles. The highest BCUT2D eigenvalue weighted by Crippen LogP contribution is 2.33. The summed E-state index contributed by atoms with van der Waals surface area (Å²) >= 11 is 1.35. The van der Waals surface area contributed by atoms with Gasteiger partial charge in [-0.3, -0.25) is 0 Å². The van der Waals surface area contributed by atoms with Crippen LogP contribution in [0.2, 0.25) is 0 Å². The fourth-order valence-electron chi connectivity index (χ4n) is 2.32. The Balaban J connectivity index is 2.50. The molecule has 2 aromatic rings. The average molecular weight is 274 g/mol. The van der Waals surface area contributed by atoms with E-state index in [2.05, 4.69) is 32.0 Å². The van der Waals surface area contributed by atoms with E-state index < -0.39 is 5.97 Å². The van der Waals surface area contributed by atoms with Crippen LogP contribution in [0.25, 0.3) is 10.4 Å². The third kappa shape index (κ3) is 2.71. The molecule has 100 valence electrons. The number of carboxylic acids is 1. The highest BCUT2D eigenvalue weighted by molar-refractivity contribution is 7.17. The maximum Gasteiger partial charge on any atom is 0.345 e. The molecule has 0 unspecified atom stereocenters. The zero-order valence-corrected chi connectivity index (χ0v) is 12.3. The van der Waals surface area contributed by atoms with E-state index in [1.165, 1.54) is 22.5 Å². The predicted octanol–water partition coefficient (Wildman–Crippen LogP) is 4.55. The second-order valence-electron chi connectivity index (χ2n) is 4.62. The molecule has 19 heavy (non-hydrogen) atoms. The maximum atomic E-state index is 11.0. The van der Waals surface area contributed by atoms with Crippen LogP contribution < -0.4 is 0 Å². The Morgan fingerprint density at radius 1 is 1.16 bits per heavy atom. The van der Waals surface area contributed by atoms with Gasteiger partial charge in [-0.25, -0.2) is 4.79 Å². The minimum absolute atomic E-state index is 0.408. The molecular formula is C16H18O2S. The van der Waals surface area contributed by atoms with Gasteiger partial charge < -0.3 is 5.11 Å². The molecule has 2 rings (SSSR count). The van der Waals surface area contributed by atoms with Gasteiger partial charge in [-0.05, 0) is 48.1 Å². The molecular weight excluding hydrogens is 256 g/mol. The van der Waals surface area contributed by atoms with Crippen molar-refractivity contribution in [2.45, 2.75) is 33.6 Å². The molecule has 0 saturated heterocycles. The molecule has 1 aromatic heterocycles. The molecule has 3 heteroatoms. The number of benzene rings is 1. The molecule has 0 spiro atoms.